The monoisotopic (exact) mass is 255 g/mol. The van der Waals surface area contributed by atoms with Gasteiger partial charge >= 0.3 is 6.09 Å². The summed E-state index contributed by atoms with van der Waals surface area (Å²) in [5.74, 6) is 0.862. The van der Waals surface area contributed by atoms with E-state index in [1.807, 2.05) is 20.8 Å². The van der Waals surface area contributed by atoms with Gasteiger partial charge in [0, 0.05) is 12.5 Å². The lowest BCUT2D eigenvalue weighted by atomic mass is 9.81. The molecule has 0 bridgehead atoms. The molecule has 5 heteroatoms. The predicted molar refractivity (Wildman–Crippen MR) is 71.6 cm³/mol. The standard InChI is InChI=1S/C13H25N3O2/c1-13(2,3)18-12(17)16-8-9-5-4-6-10(7-9)11(14)15/h9-10H,4-8H2,1-3H3,(H3,14,15)(H,16,17). The van der Waals surface area contributed by atoms with Crippen LogP contribution in [0.1, 0.15) is 46.5 Å². The van der Waals surface area contributed by atoms with E-state index in [4.69, 9.17) is 15.9 Å². The van der Waals surface area contributed by atoms with E-state index in [1.165, 1.54) is 0 Å². The van der Waals surface area contributed by atoms with E-state index >= 15 is 0 Å². The minimum atomic E-state index is -0.460. The van der Waals surface area contributed by atoms with Gasteiger partial charge in [-0.05, 0) is 46.0 Å². The number of alkyl carbamates (subject to hydrolysis) is 1. The molecule has 0 aromatic heterocycles. The third-order valence-electron chi connectivity index (χ3n) is 3.16. The molecule has 1 fully saturated rings. The van der Waals surface area contributed by atoms with Crippen LogP contribution in [0.2, 0.25) is 0 Å². The smallest absolute Gasteiger partial charge is 0.407 e. The number of amidine groups is 1. The van der Waals surface area contributed by atoms with Crippen LogP contribution in [0.3, 0.4) is 0 Å². The van der Waals surface area contributed by atoms with Crippen LogP contribution in [0.4, 0.5) is 4.79 Å². The number of ether oxygens (including phenoxy) is 1. The van der Waals surface area contributed by atoms with Crippen molar-refractivity contribution >= 4 is 11.9 Å². The number of hydrogen-bond acceptors (Lipinski definition) is 3. The van der Waals surface area contributed by atoms with Crippen LogP contribution < -0.4 is 11.1 Å². The van der Waals surface area contributed by atoms with E-state index in [0.29, 0.717) is 12.5 Å². The first-order valence-electron chi connectivity index (χ1n) is 6.58. The second-order valence-corrected chi connectivity index (χ2v) is 6.07. The van der Waals surface area contributed by atoms with Gasteiger partial charge in [0.05, 0.1) is 5.84 Å². The number of carbonyl (C=O) groups is 1. The molecule has 1 aliphatic carbocycles. The first-order chi connectivity index (χ1) is 8.28. The first kappa shape index (κ1) is 14.8. The molecule has 18 heavy (non-hydrogen) atoms. The lowest BCUT2D eigenvalue weighted by Crippen LogP contribution is -2.37. The van der Waals surface area contributed by atoms with Gasteiger partial charge in [-0.25, -0.2) is 4.79 Å². The molecule has 0 spiro atoms. The lowest BCUT2D eigenvalue weighted by molar-refractivity contribution is 0.0514. The molecule has 1 amide bonds. The maximum atomic E-state index is 11.5. The average Bonchev–Trinajstić information content (AvgIpc) is 2.24. The molecule has 0 aromatic rings. The SMILES string of the molecule is CC(C)(C)OC(=O)NCC1CCCC(C(=N)N)C1. The van der Waals surface area contributed by atoms with Crippen molar-refractivity contribution in [2.45, 2.75) is 52.1 Å². The Labute approximate surface area is 109 Å². The largest absolute Gasteiger partial charge is 0.444 e. The molecule has 4 N–H and O–H groups in total. The van der Waals surface area contributed by atoms with Crippen molar-refractivity contribution in [1.82, 2.24) is 5.32 Å². The van der Waals surface area contributed by atoms with Gasteiger partial charge in [0.15, 0.2) is 0 Å². The Morgan fingerprint density at radius 3 is 2.67 bits per heavy atom. The lowest BCUT2D eigenvalue weighted by Gasteiger charge is -2.28. The number of carbonyl (C=O) groups excluding carboxylic acids is 1. The molecule has 0 aromatic carbocycles. The van der Waals surface area contributed by atoms with Gasteiger partial charge in [0.1, 0.15) is 5.60 Å². The van der Waals surface area contributed by atoms with Gasteiger partial charge in [0.2, 0.25) is 0 Å². The van der Waals surface area contributed by atoms with Crippen LogP contribution >= 0.6 is 0 Å². The van der Waals surface area contributed by atoms with Gasteiger partial charge in [0.25, 0.3) is 0 Å². The molecule has 1 saturated carbocycles. The third-order valence-corrected chi connectivity index (χ3v) is 3.16. The van der Waals surface area contributed by atoms with E-state index in [0.717, 1.165) is 25.7 Å². The molecular weight excluding hydrogens is 230 g/mol. The summed E-state index contributed by atoms with van der Waals surface area (Å²) < 4.78 is 5.19. The fourth-order valence-corrected chi connectivity index (χ4v) is 2.30. The summed E-state index contributed by atoms with van der Waals surface area (Å²) in [4.78, 5) is 11.5. The molecule has 0 aliphatic heterocycles. The highest BCUT2D eigenvalue weighted by atomic mass is 16.6. The fourth-order valence-electron chi connectivity index (χ4n) is 2.30. The van der Waals surface area contributed by atoms with Crippen molar-refractivity contribution in [3.8, 4) is 0 Å². The van der Waals surface area contributed by atoms with Crippen LogP contribution in [0.15, 0.2) is 0 Å². The highest BCUT2D eigenvalue weighted by Crippen LogP contribution is 2.28. The van der Waals surface area contributed by atoms with Gasteiger partial charge in [-0.1, -0.05) is 6.42 Å². The summed E-state index contributed by atoms with van der Waals surface area (Å²) in [7, 11) is 0. The number of rotatable bonds is 3. The van der Waals surface area contributed by atoms with Crippen molar-refractivity contribution in [2.24, 2.45) is 17.6 Å². The molecule has 1 aliphatic rings. The van der Waals surface area contributed by atoms with Crippen molar-refractivity contribution < 1.29 is 9.53 Å². The minimum absolute atomic E-state index is 0.184. The second-order valence-electron chi connectivity index (χ2n) is 6.07. The Hall–Kier alpha value is -1.26. The Balaban J connectivity index is 2.31. The maximum absolute atomic E-state index is 11.5. The molecule has 0 radical (unpaired) electrons. The number of nitrogens with one attached hydrogen (secondary N) is 2. The van der Waals surface area contributed by atoms with E-state index in [2.05, 4.69) is 5.32 Å². The summed E-state index contributed by atoms with van der Waals surface area (Å²) in [5, 5.41) is 10.3. The Bertz CT molecular complexity index is 310. The van der Waals surface area contributed by atoms with Crippen molar-refractivity contribution in [1.29, 1.82) is 5.41 Å². The molecule has 2 atom stereocenters. The molecular formula is C13H25N3O2. The summed E-state index contributed by atoms with van der Waals surface area (Å²) in [6.45, 7) is 6.15. The predicted octanol–water partition coefficient (Wildman–Crippen LogP) is 2.25. The van der Waals surface area contributed by atoms with Crippen LogP contribution in [0, 0.1) is 17.2 Å². The van der Waals surface area contributed by atoms with Crippen LogP contribution in [-0.2, 0) is 4.74 Å². The fraction of sp³-hybridized carbons (Fsp3) is 0.846. The van der Waals surface area contributed by atoms with Gasteiger partial charge in [-0.3, -0.25) is 5.41 Å². The normalized spacial score (nSPS) is 24.4. The summed E-state index contributed by atoms with van der Waals surface area (Å²) in [6, 6.07) is 0. The summed E-state index contributed by atoms with van der Waals surface area (Å²) >= 11 is 0. The zero-order valence-electron chi connectivity index (χ0n) is 11.6. The Kier molecular flexibility index (Phi) is 4.99. The summed E-state index contributed by atoms with van der Waals surface area (Å²) in [6.07, 6.45) is 3.68. The molecule has 0 heterocycles. The minimum Gasteiger partial charge on any atom is -0.444 e. The number of nitrogens with two attached hydrogens (primary N) is 1. The first-order valence-corrected chi connectivity index (χ1v) is 6.58. The van der Waals surface area contributed by atoms with Gasteiger partial charge < -0.3 is 15.8 Å². The third kappa shape index (κ3) is 5.38. The summed E-state index contributed by atoms with van der Waals surface area (Å²) in [5.41, 5.74) is 5.08. The maximum Gasteiger partial charge on any atom is 0.407 e. The van der Waals surface area contributed by atoms with E-state index < -0.39 is 5.60 Å². The second kappa shape index (κ2) is 6.07. The van der Waals surface area contributed by atoms with E-state index in [1.54, 1.807) is 0 Å². The van der Waals surface area contributed by atoms with Crippen molar-refractivity contribution in [3.05, 3.63) is 0 Å². The van der Waals surface area contributed by atoms with E-state index in [-0.39, 0.29) is 17.8 Å². The average molecular weight is 255 g/mol. The zero-order valence-corrected chi connectivity index (χ0v) is 11.6. The molecule has 104 valence electrons. The van der Waals surface area contributed by atoms with Gasteiger partial charge in [-0.2, -0.15) is 0 Å². The van der Waals surface area contributed by atoms with Crippen LogP contribution in [0.5, 0.6) is 0 Å². The Morgan fingerprint density at radius 1 is 1.44 bits per heavy atom. The van der Waals surface area contributed by atoms with Gasteiger partial charge in [-0.15, -0.1) is 0 Å². The molecule has 5 nitrogen and oxygen atoms in total. The molecule has 2 unspecified atom stereocenters. The van der Waals surface area contributed by atoms with Crippen molar-refractivity contribution in [3.63, 3.8) is 0 Å². The topological polar surface area (TPSA) is 88.2 Å². The van der Waals surface area contributed by atoms with Crippen molar-refractivity contribution in [2.75, 3.05) is 6.54 Å². The quantitative estimate of drug-likeness (QED) is 0.534. The molecule has 0 saturated heterocycles. The Morgan fingerprint density at radius 2 is 2.11 bits per heavy atom. The van der Waals surface area contributed by atoms with E-state index in [9.17, 15) is 4.79 Å². The van der Waals surface area contributed by atoms with Crippen LogP contribution in [0.25, 0.3) is 0 Å². The molecule has 1 rings (SSSR count). The highest BCUT2D eigenvalue weighted by molar-refractivity contribution is 5.79. The van der Waals surface area contributed by atoms with Crippen LogP contribution in [-0.4, -0.2) is 24.1 Å². The number of hydrogen-bond donors (Lipinski definition) is 3. The highest BCUT2D eigenvalue weighted by Gasteiger charge is 2.24. The zero-order chi connectivity index (χ0) is 13.8. The number of amides is 1.